The summed E-state index contributed by atoms with van der Waals surface area (Å²) in [6.07, 6.45) is 3.44. The van der Waals surface area contributed by atoms with Crippen molar-refractivity contribution >= 4 is 17.6 Å². The molecule has 15 heavy (non-hydrogen) atoms. The maximum atomic E-state index is 5.60. The Kier molecular flexibility index (Phi) is 2.97. The second-order valence-electron chi connectivity index (χ2n) is 3.22. The predicted molar refractivity (Wildman–Crippen MR) is 61.7 cm³/mol. The van der Waals surface area contributed by atoms with Crippen molar-refractivity contribution in [1.82, 2.24) is 4.98 Å². The van der Waals surface area contributed by atoms with E-state index in [9.17, 15) is 0 Å². The lowest BCUT2D eigenvalue weighted by Crippen LogP contribution is -1.90. The van der Waals surface area contributed by atoms with Gasteiger partial charge in [0.1, 0.15) is 11.6 Å². The molecule has 0 radical (unpaired) electrons. The SMILES string of the molecule is Cc1occc1SCc1ccnc(N)c1. The molecule has 0 aliphatic heterocycles. The van der Waals surface area contributed by atoms with Crippen molar-refractivity contribution in [2.24, 2.45) is 0 Å². The molecule has 0 amide bonds. The third kappa shape index (κ3) is 2.53. The van der Waals surface area contributed by atoms with Gasteiger partial charge < -0.3 is 10.2 Å². The van der Waals surface area contributed by atoms with Crippen molar-refractivity contribution in [3.05, 3.63) is 42.0 Å². The Morgan fingerprint density at radius 3 is 3.00 bits per heavy atom. The van der Waals surface area contributed by atoms with E-state index < -0.39 is 0 Å². The highest BCUT2D eigenvalue weighted by Crippen LogP contribution is 2.26. The monoisotopic (exact) mass is 220 g/mol. The topological polar surface area (TPSA) is 52.0 Å². The van der Waals surface area contributed by atoms with Crippen LogP contribution in [0, 0.1) is 6.92 Å². The maximum absolute atomic E-state index is 5.60. The zero-order chi connectivity index (χ0) is 10.7. The first-order valence-corrected chi connectivity index (χ1v) is 5.61. The van der Waals surface area contributed by atoms with Gasteiger partial charge in [0.05, 0.1) is 6.26 Å². The van der Waals surface area contributed by atoms with Crippen LogP contribution in [0.3, 0.4) is 0 Å². The number of aromatic nitrogens is 1. The van der Waals surface area contributed by atoms with Crippen molar-refractivity contribution in [1.29, 1.82) is 0 Å². The average molecular weight is 220 g/mol. The summed E-state index contributed by atoms with van der Waals surface area (Å²) < 4.78 is 5.22. The Morgan fingerprint density at radius 1 is 1.47 bits per heavy atom. The second kappa shape index (κ2) is 4.40. The largest absolute Gasteiger partial charge is 0.468 e. The highest BCUT2D eigenvalue weighted by atomic mass is 32.2. The lowest BCUT2D eigenvalue weighted by atomic mass is 10.3. The van der Waals surface area contributed by atoms with Crippen LogP contribution in [0.25, 0.3) is 0 Å². The highest BCUT2D eigenvalue weighted by molar-refractivity contribution is 7.98. The first kappa shape index (κ1) is 10.1. The summed E-state index contributed by atoms with van der Waals surface area (Å²) in [5, 5.41) is 0. The minimum atomic E-state index is 0.567. The molecule has 0 atom stereocenters. The number of nitrogen functional groups attached to an aromatic ring is 1. The molecule has 0 aliphatic carbocycles. The van der Waals surface area contributed by atoms with E-state index in [0.717, 1.165) is 11.5 Å². The van der Waals surface area contributed by atoms with Crippen molar-refractivity contribution in [2.45, 2.75) is 17.6 Å². The van der Waals surface area contributed by atoms with E-state index in [4.69, 9.17) is 10.2 Å². The molecular weight excluding hydrogens is 208 g/mol. The molecule has 0 unspecified atom stereocenters. The molecular formula is C11H12N2OS. The fourth-order valence-corrected chi connectivity index (χ4v) is 2.17. The van der Waals surface area contributed by atoms with Crippen molar-refractivity contribution in [2.75, 3.05) is 5.73 Å². The van der Waals surface area contributed by atoms with E-state index in [2.05, 4.69) is 4.98 Å². The van der Waals surface area contributed by atoms with E-state index in [1.165, 1.54) is 10.5 Å². The van der Waals surface area contributed by atoms with Crippen LogP contribution in [0.5, 0.6) is 0 Å². The average Bonchev–Trinajstić information content (AvgIpc) is 2.61. The summed E-state index contributed by atoms with van der Waals surface area (Å²) in [5.41, 5.74) is 6.77. The van der Waals surface area contributed by atoms with Gasteiger partial charge in [0, 0.05) is 16.8 Å². The normalized spacial score (nSPS) is 10.5. The Hall–Kier alpha value is -1.42. The number of hydrogen-bond acceptors (Lipinski definition) is 4. The summed E-state index contributed by atoms with van der Waals surface area (Å²) in [4.78, 5) is 5.12. The third-order valence-electron chi connectivity index (χ3n) is 2.05. The molecule has 2 aromatic rings. The summed E-state index contributed by atoms with van der Waals surface area (Å²) in [6.45, 7) is 1.96. The van der Waals surface area contributed by atoms with Crippen molar-refractivity contribution in [3.8, 4) is 0 Å². The van der Waals surface area contributed by atoms with E-state index in [1.54, 1.807) is 24.2 Å². The Morgan fingerprint density at radius 2 is 2.33 bits per heavy atom. The summed E-state index contributed by atoms with van der Waals surface area (Å²) >= 11 is 1.74. The van der Waals surface area contributed by atoms with Gasteiger partial charge in [0.2, 0.25) is 0 Å². The number of aryl methyl sites for hydroxylation is 1. The van der Waals surface area contributed by atoms with Crippen LogP contribution < -0.4 is 5.73 Å². The molecule has 2 N–H and O–H groups in total. The predicted octanol–water partition coefficient (Wildman–Crippen LogP) is 2.86. The molecule has 4 heteroatoms. The summed E-state index contributed by atoms with van der Waals surface area (Å²) in [7, 11) is 0. The van der Waals surface area contributed by atoms with Crippen LogP contribution in [0.1, 0.15) is 11.3 Å². The first-order chi connectivity index (χ1) is 7.25. The van der Waals surface area contributed by atoms with Crippen LogP contribution in [0.2, 0.25) is 0 Å². The standard InChI is InChI=1S/C11H12N2OS/c1-8-10(3-5-14-8)15-7-9-2-4-13-11(12)6-9/h2-6H,7H2,1H3,(H2,12,13). The van der Waals surface area contributed by atoms with Crippen LogP contribution in [-0.4, -0.2) is 4.98 Å². The Balaban J connectivity index is 2.02. The van der Waals surface area contributed by atoms with Gasteiger partial charge in [-0.05, 0) is 30.7 Å². The molecule has 3 nitrogen and oxygen atoms in total. The van der Waals surface area contributed by atoms with Crippen molar-refractivity contribution < 1.29 is 4.42 Å². The van der Waals surface area contributed by atoms with Crippen LogP contribution in [0.4, 0.5) is 5.82 Å². The van der Waals surface area contributed by atoms with E-state index >= 15 is 0 Å². The van der Waals surface area contributed by atoms with Gasteiger partial charge in [-0.15, -0.1) is 11.8 Å². The lowest BCUT2D eigenvalue weighted by Gasteiger charge is -2.01. The summed E-state index contributed by atoms with van der Waals surface area (Å²) in [6, 6.07) is 5.84. The Bertz CT molecular complexity index is 453. The summed E-state index contributed by atoms with van der Waals surface area (Å²) in [5.74, 6) is 2.41. The number of pyridine rings is 1. The number of nitrogens with two attached hydrogens (primary N) is 1. The highest BCUT2D eigenvalue weighted by Gasteiger charge is 2.02. The number of hydrogen-bond donors (Lipinski definition) is 1. The number of thioether (sulfide) groups is 1. The van der Waals surface area contributed by atoms with Gasteiger partial charge >= 0.3 is 0 Å². The molecule has 2 aromatic heterocycles. The van der Waals surface area contributed by atoms with E-state index in [0.29, 0.717) is 5.82 Å². The fourth-order valence-electron chi connectivity index (χ4n) is 1.27. The third-order valence-corrected chi connectivity index (χ3v) is 3.26. The van der Waals surface area contributed by atoms with Crippen LogP contribution in [-0.2, 0) is 5.75 Å². The molecule has 0 aliphatic rings. The van der Waals surface area contributed by atoms with E-state index in [-0.39, 0.29) is 0 Å². The lowest BCUT2D eigenvalue weighted by molar-refractivity contribution is 0.527. The maximum Gasteiger partial charge on any atom is 0.123 e. The molecule has 0 spiro atoms. The molecule has 2 rings (SSSR count). The van der Waals surface area contributed by atoms with Gasteiger partial charge in [-0.2, -0.15) is 0 Å². The minimum absolute atomic E-state index is 0.567. The first-order valence-electron chi connectivity index (χ1n) is 4.63. The smallest absolute Gasteiger partial charge is 0.123 e. The second-order valence-corrected chi connectivity index (χ2v) is 4.24. The molecule has 2 heterocycles. The zero-order valence-corrected chi connectivity index (χ0v) is 9.25. The Labute approximate surface area is 92.7 Å². The van der Waals surface area contributed by atoms with E-state index in [1.807, 2.05) is 25.1 Å². The quantitative estimate of drug-likeness (QED) is 0.808. The van der Waals surface area contributed by atoms with Crippen molar-refractivity contribution in [3.63, 3.8) is 0 Å². The zero-order valence-electron chi connectivity index (χ0n) is 8.43. The van der Waals surface area contributed by atoms with Gasteiger partial charge in [0.15, 0.2) is 0 Å². The number of rotatable bonds is 3. The number of anilines is 1. The van der Waals surface area contributed by atoms with Gasteiger partial charge in [0.25, 0.3) is 0 Å². The van der Waals surface area contributed by atoms with Gasteiger partial charge in [-0.25, -0.2) is 4.98 Å². The molecule has 0 saturated carbocycles. The van der Waals surface area contributed by atoms with Crippen LogP contribution in [0.15, 0.2) is 40.0 Å². The van der Waals surface area contributed by atoms with Crippen LogP contribution >= 0.6 is 11.8 Å². The molecule has 0 bridgehead atoms. The van der Waals surface area contributed by atoms with Gasteiger partial charge in [-0.1, -0.05) is 0 Å². The van der Waals surface area contributed by atoms with Gasteiger partial charge in [-0.3, -0.25) is 0 Å². The molecule has 0 aromatic carbocycles. The number of nitrogens with zero attached hydrogens (tertiary/aromatic N) is 1. The molecule has 78 valence electrons. The number of furan rings is 1. The molecule has 0 saturated heterocycles. The minimum Gasteiger partial charge on any atom is -0.468 e. The molecule has 0 fully saturated rings. The fraction of sp³-hybridized carbons (Fsp3) is 0.182.